The minimum absolute atomic E-state index is 0.626. The number of ether oxygens (including phenoxy) is 2. The molecule has 0 amide bonds. The van der Waals surface area contributed by atoms with Crippen molar-refractivity contribution in [2.45, 2.75) is 128 Å². The molecule has 0 spiro atoms. The van der Waals surface area contributed by atoms with E-state index in [2.05, 4.69) is 26.2 Å². The lowest BCUT2D eigenvalue weighted by Gasteiger charge is -2.36. The quantitative estimate of drug-likeness (QED) is 0.344. The van der Waals surface area contributed by atoms with Crippen molar-refractivity contribution in [1.29, 1.82) is 0 Å². The van der Waals surface area contributed by atoms with E-state index in [4.69, 9.17) is 13.6 Å². The van der Waals surface area contributed by atoms with Gasteiger partial charge < -0.3 is 13.6 Å². The molecule has 2 aliphatic carbocycles. The lowest BCUT2D eigenvalue weighted by molar-refractivity contribution is 0.352. The molecule has 4 aliphatic rings. The molecule has 0 aromatic rings. The molecule has 4 rings (SSSR count). The number of hydrogen-bond donors (Lipinski definition) is 0. The topological polar surface area (TPSA) is 34.3 Å². The molecule has 6 unspecified atom stereocenters. The van der Waals surface area contributed by atoms with Gasteiger partial charge in [-0.25, -0.2) is 0 Å². The van der Waals surface area contributed by atoms with Gasteiger partial charge in [0.1, 0.15) is 0 Å². The van der Waals surface area contributed by atoms with Crippen LogP contribution in [0, 0.1) is 11.8 Å². The molecule has 27 heavy (non-hydrogen) atoms. The minimum Gasteiger partial charge on any atom is -0.455 e. The summed E-state index contributed by atoms with van der Waals surface area (Å²) >= 11 is 0. The number of fused-ring (bicyclic) bond motifs is 2. The Morgan fingerprint density at radius 3 is 1.44 bits per heavy atom. The van der Waals surface area contributed by atoms with Crippen molar-refractivity contribution in [2.75, 3.05) is 0 Å². The molecule has 0 aromatic carbocycles. The predicted molar refractivity (Wildman–Crippen MR) is 118 cm³/mol. The lowest BCUT2D eigenvalue weighted by Crippen LogP contribution is -2.44. The van der Waals surface area contributed by atoms with Gasteiger partial charge in [0.2, 0.25) is 0 Å². The average Bonchev–Trinajstić information content (AvgIpc) is 3.52. The summed E-state index contributed by atoms with van der Waals surface area (Å²) < 4.78 is 18.3. The molecular formula is C22H44O3Si2. The van der Waals surface area contributed by atoms with Crippen LogP contribution in [0.2, 0.25) is 38.3 Å². The zero-order chi connectivity index (χ0) is 19.7. The Morgan fingerprint density at radius 2 is 1.07 bits per heavy atom. The summed E-state index contributed by atoms with van der Waals surface area (Å²) in [7, 11) is -3.05. The zero-order valence-electron chi connectivity index (χ0n) is 18.8. The highest BCUT2D eigenvalue weighted by atomic mass is 28.4. The van der Waals surface area contributed by atoms with Crippen molar-refractivity contribution < 1.29 is 13.6 Å². The molecule has 0 radical (unpaired) electrons. The number of rotatable bonds is 8. The van der Waals surface area contributed by atoms with Gasteiger partial charge >= 0.3 is 0 Å². The molecule has 0 aromatic heterocycles. The standard InChI is InChI=1S/C20H38O3Si2.C2H6/c1-24(2,11-9-15-5-7-17-19(13-15)21-17)23-25(3,4)12-10-16-6-8-18-20(14-16)22-18;1-2/h15-20H,5-14H2,1-4H3;1-2H3. The van der Waals surface area contributed by atoms with Crippen molar-refractivity contribution in [2.24, 2.45) is 11.8 Å². The highest BCUT2D eigenvalue weighted by Crippen LogP contribution is 2.43. The van der Waals surface area contributed by atoms with Crippen molar-refractivity contribution >= 4 is 16.6 Å². The van der Waals surface area contributed by atoms with E-state index in [1.807, 2.05) is 13.8 Å². The van der Waals surface area contributed by atoms with Gasteiger partial charge in [0.05, 0.1) is 24.4 Å². The molecule has 158 valence electrons. The van der Waals surface area contributed by atoms with Crippen LogP contribution in [0.4, 0.5) is 0 Å². The maximum atomic E-state index is 6.90. The van der Waals surface area contributed by atoms with E-state index >= 15 is 0 Å². The van der Waals surface area contributed by atoms with Crippen LogP contribution in [0.3, 0.4) is 0 Å². The van der Waals surface area contributed by atoms with Crippen LogP contribution >= 0.6 is 0 Å². The summed E-state index contributed by atoms with van der Waals surface area (Å²) in [6, 6.07) is 2.68. The van der Waals surface area contributed by atoms with Crippen LogP contribution in [-0.4, -0.2) is 41.1 Å². The second-order valence-corrected chi connectivity index (χ2v) is 19.3. The van der Waals surface area contributed by atoms with E-state index in [0.717, 1.165) is 11.8 Å². The highest BCUT2D eigenvalue weighted by Gasteiger charge is 2.45. The van der Waals surface area contributed by atoms with E-state index in [1.54, 1.807) is 0 Å². The SMILES string of the molecule is CC.C[Si](C)(CCC1CCC2OC2C1)O[Si](C)(C)CCC1CCC2OC2C1. The summed E-state index contributed by atoms with van der Waals surface area (Å²) in [6.45, 7) is 13.9. The van der Waals surface area contributed by atoms with Crippen molar-refractivity contribution in [3.8, 4) is 0 Å². The fourth-order valence-electron chi connectivity index (χ4n) is 5.45. The van der Waals surface area contributed by atoms with Crippen LogP contribution < -0.4 is 0 Å². The summed E-state index contributed by atoms with van der Waals surface area (Å²) in [5, 5.41) is 0. The first-order chi connectivity index (χ1) is 12.8. The van der Waals surface area contributed by atoms with E-state index in [-0.39, 0.29) is 0 Å². The van der Waals surface area contributed by atoms with Gasteiger partial charge in [0.15, 0.2) is 16.6 Å². The second-order valence-electron chi connectivity index (χ2n) is 10.5. The Kier molecular flexibility index (Phi) is 7.33. The first kappa shape index (κ1) is 22.0. The van der Waals surface area contributed by atoms with Crippen molar-refractivity contribution in [3.05, 3.63) is 0 Å². The average molecular weight is 413 g/mol. The Bertz CT molecular complexity index is 440. The zero-order valence-corrected chi connectivity index (χ0v) is 20.8. The maximum Gasteiger partial charge on any atom is 0.173 e. The van der Waals surface area contributed by atoms with E-state index in [1.165, 1.54) is 63.5 Å². The Labute approximate surface area is 170 Å². The van der Waals surface area contributed by atoms with Crippen LogP contribution in [0.1, 0.15) is 65.2 Å². The summed E-state index contributed by atoms with van der Waals surface area (Å²) in [6.07, 6.45) is 13.3. The van der Waals surface area contributed by atoms with E-state index < -0.39 is 16.6 Å². The Morgan fingerprint density at radius 1 is 0.667 bits per heavy atom. The molecule has 0 bridgehead atoms. The minimum atomic E-state index is -1.53. The molecule has 3 nitrogen and oxygen atoms in total. The van der Waals surface area contributed by atoms with Crippen LogP contribution in [0.15, 0.2) is 0 Å². The van der Waals surface area contributed by atoms with Gasteiger partial charge in [-0.15, -0.1) is 0 Å². The Hall–Kier alpha value is 0.314. The van der Waals surface area contributed by atoms with Crippen LogP contribution in [-0.2, 0) is 13.6 Å². The molecular weight excluding hydrogens is 368 g/mol. The molecule has 0 N–H and O–H groups in total. The van der Waals surface area contributed by atoms with Crippen LogP contribution in [0.5, 0.6) is 0 Å². The van der Waals surface area contributed by atoms with E-state index in [0.29, 0.717) is 24.4 Å². The molecule has 2 heterocycles. The highest BCUT2D eigenvalue weighted by molar-refractivity contribution is 6.84. The third-order valence-electron chi connectivity index (χ3n) is 7.09. The van der Waals surface area contributed by atoms with Gasteiger partial charge in [0, 0.05) is 0 Å². The fraction of sp³-hybridized carbons (Fsp3) is 1.00. The normalized spacial score (nSPS) is 37.6. The number of hydrogen-bond acceptors (Lipinski definition) is 3. The van der Waals surface area contributed by atoms with Crippen LogP contribution in [0.25, 0.3) is 0 Å². The van der Waals surface area contributed by atoms with Gasteiger partial charge in [0.25, 0.3) is 0 Å². The third-order valence-corrected chi connectivity index (χ3v) is 14.5. The molecule has 4 fully saturated rings. The van der Waals surface area contributed by atoms with Crippen molar-refractivity contribution in [3.63, 3.8) is 0 Å². The molecule has 2 saturated carbocycles. The fourth-order valence-corrected chi connectivity index (χ4v) is 14.5. The monoisotopic (exact) mass is 412 g/mol. The second kappa shape index (κ2) is 8.99. The number of epoxide rings is 2. The lowest BCUT2D eigenvalue weighted by atomic mass is 9.88. The van der Waals surface area contributed by atoms with Gasteiger partial charge in [-0.3, -0.25) is 0 Å². The first-order valence-corrected chi connectivity index (χ1v) is 18.0. The largest absolute Gasteiger partial charge is 0.455 e. The van der Waals surface area contributed by atoms with Gasteiger partial charge in [-0.1, -0.05) is 26.7 Å². The predicted octanol–water partition coefficient (Wildman–Crippen LogP) is 6.35. The molecule has 2 aliphatic heterocycles. The molecule has 6 atom stereocenters. The molecule has 5 heteroatoms. The smallest absolute Gasteiger partial charge is 0.173 e. The van der Waals surface area contributed by atoms with Gasteiger partial charge in [-0.2, -0.15) is 0 Å². The van der Waals surface area contributed by atoms with Gasteiger partial charge in [-0.05, 0) is 88.6 Å². The Balaban J connectivity index is 0.00000102. The third kappa shape index (κ3) is 6.66. The maximum absolute atomic E-state index is 6.90. The first-order valence-electron chi connectivity index (χ1n) is 11.8. The molecule has 2 saturated heterocycles. The summed E-state index contributed by atoms with van der Waals surface area (Å²) in [5.74, 6) is 1.80. The van der Waals surface area contributed by atoms with E-state index in [9.17, 15) is 0 Å². The summed E-state index contributed by atoms with van der Waals surface area (Å²) in [4.78, 5) is 0. The van der Waals surface area contributed by atoms with Crippen molar-refractivity contribution in [1.82, 2.24) is 0 Å². The summed E-state index contributed by atoms with van der Waals surface area (Å²) in [5.41, 5.74) is 0.